The molecule has 0 unspecified atom stereocenters. The summed E-state index contributed by atoms with van der Waals surface area (Å²) >= 11 is 0. The lowest BCUT2D eigenvalue weighted by Crippen LogP contribution is -2.07. The molecule has 0 saturated carbocycles. The maximum absolute atomic E-state index is 5.79. The lowest BCUT2D eigenvalue weighted by Gasteiger charge is -2.16. The highest BCUT2D eigenvalue weighted by molar-refractivity contribution is 5.79. The van der Waals surface area contributed by atoms with Crippen molar-refractivity contribution in [3.8, 4) is 5.75 Å². The van der Waals surface area contributed by atoms with Crippen LogP contribution in [0.15, 0.2) is 36.1 Å². The number of rotatable bonds is 7. The van der Waals surface area contributed by atoms with E-state index in [-0.39, 0.29) is 6.79 Å². The van der Waals surface area contributed by atoms with Crippen LogP contribution in [-0.2, 0) is 16.0 Å². The number of benzene rings is 1. The fourth-order valence-corrected chi connectivity index (χ4v) is 1.92. The molecule has 0 heterocycles. The van der Waals surface area contributed by atoms with Crippen LogP contribution >= 0.6 is 0 Å². The molecule has 2 N–H and O–H groups in total. The normalized spacial score (nSPS) is 12.4. The zero-order chi connectivity index (χ0) is 15.0. The quantitative estimate of drug-likeness (QED) is 0.473. The number of para-hydroxylation sites is 1. The largest absolute Gasteiger partial charge is 0.501 e. The van der Waals surface area contributed by atoms with E-state index >= 15 is 0 Å². The molecule has 0 atom stereocenters. The molecule has 1 rings (SSSR count). The van der Waals surface area contributed by atoms with Crippen molar-refractivity contribution >= 4 is 5.57 Å². The summed E-state index contributed by atoms with van der Waals surface area (Å²) in [5.41, 5.74) is 8.64. The first-order valence-electron chi connectivity index (χ1n) is 6.51. The molecule has 0 spiro atoms. The van der Waals surface area contributed by atoms with Gasteiger partial charge in [-0.05, 0) is 13.8 Å². The highest BCUT2D eigenvalue weighted by atomic mass is 16.7. The summed E-state index contributed by atoms with van der Waals surface area (Å²) in [6, 6.07) is 5.90. The van der Waals surface area contributed by atoms with Crippen LogP contribution in [0.2, 0.25) is 0 Å². The average molecular weight is 277 g/mol. The monoisotopic (exact) mass is 277 g/mol. The van der Waals surface area contributed by atoms with E-state index in [9.17, 15) is 0 Å². The zero-order valence-electron chi connectivity index (χ0n) is 12.6. The molecule has 0 fully saturated rings. The third-order valence-electron chi connectivity index (χ3n) is 2.95. The van der Waals surface area contributed by atoms with E-state index in [1.807, 2.05) is 44.2 Å². The number of hydrogen-bond acceptors (Lipinski definition) is 4. The maximum Gasteiger partial charge on any atom is 0.188 e. The SMILES string of the molecule is C/C=C\C(=C(/C)OC)c1cccc(CN)c1OCOC. The fourth-order valence-electron chi connectivity index (χ4n) is 1.92. The van der Waals surface area contributed by atoms with Gasteiger partial charge in [0.05, 0.1) is 7.11 Å². The molecule has 4 nitrogen and oxygen atoms in total. The minimum atomic E-state index is 0.180. The summed E-state index contributed by atoms with van der Waals surface area (Å²) in [4.78, 5) is 0. The van der Waals surface area contributed by atoms with E-state index in [2.05, 4.69) is 0 Å². The summed E-state index contributed by atoms with van der Waals surface area (Å²) < 4.78 is 16.1. The molecule has 0 aliphatic heterocycles. The molecule has 4 heteroatoms. The molecule has 0 aromatic heterocycles. The third kappa shape index (κ3) is 3.85. The second kappa shape index (κ2) is 8.40. The van der Waals surface area contributed by atoms with Gasteiger partial charge >= 0.3 is 0 Å². The van der Waals surface area contributed by atoms with Gasteiger partial charge in [-0.25, -0.2) is 0 Å². The third-order valence-corrected chi connectivity index (χ3v) is 2.95. The van der Waals surface area contributed by atoms with Crippen LogP contribution in [0.1, 0.15) is 25.0 Å². The van der Waals surface area contributed by atoms with E-state index < -0.39 is 0 Å². The van der Waals surface area contributed by atoms with Crippen LogP contribution in [0.25, 0.3) is 5.57 Å². The van der Waals surface area contributed by atoms with Crippen LogP contribution < -0.4 is 10.5 Å². The Kier molecular flexibility index (Phi) is 6.84. The summed E-state index contributed by atoms with van der Waals surface area (Å²) in [5.74, 6) is 1.56. The molecule has 1 aromatic rings. The first kappa shape index (κ1) is 16.3. The number of nitrogens with two attached hydrogens (primary N) is 1. The lowest BCUT2D eigenvalue weighted by atomic mass is 10.00. The van der Waals surface area contributed by atoms with E-state index in [0.717, 1.165) is 28.2 Å². The average Bonchev–Trinajstić information content (AvgIpc) is 2.49. The van der Waals surface area contributed by atoms with E-state index in [4.69, 9.17) is 19.9 Å². The van der Waals surface area contributed by atoms with Crippen molar-refractivity contribution in [2.24, 2.45) is 5.73 Å². The van der Waals surface area contributed by atoms with Crippen molar-refractivity contribution in [1.82, 2.24) is 0 Å². The minimum Gasteiger partial charge on any atom is -0.501 e. The smallest absolute Gasteiger partial charge is 0.188 e. The van der Waals surface area contributed by atoms with Crippen LogP contribution in [0.5, 0.6) is 5.75 Å². The molecule has 0 radical (unpaired) electrons. The molecular weight excluding hydrogens is 254 g/mol. The van der Waals surface area contributed by atoms with Gasteiger partial charge in [0.25, 0.3) is 0 Å². The van der Waals surface area contributed by atoms with Gasteiger partial charge in [0, 0.05) is 30.4 Å². The lowest BCUT2D eigenvalue weighted by molar-refractivity contribution is 0.0502. The van der Waals surface area contributed by atoms with Crippen molar-refractivity contribution < 1.29 is 14.2 Å². The van der Waals surface area contributed by atoms with Gasteiger partial charge in [0.1, 0.15) is 11.5 Å². The zero-order valence-corrected chi connectivity index (χ0v) is 12.6. The molecule has 0 aliphatic rings. The topological polar surface area (TPSA) is 53.7 Å². The van der Waals surface area contributed by atoms with Crippen molar-refractivity contribution in [3.05, 3.63) is 47.2 Å². The fraction of sp³-hybridized carbons (Fsp3) is 0.375. The van der Waals surface area contributed by atoms with Gasteiger partial charge in [-0.1, -0.05) is 30.4 Å². The van der Waals surface area contributed by atoms with E-state index in [0.29, 0.717) is 6.54 Å². The molecule has 0 saturated heterocycles. The van der Waals surface area contributed by atoms with Gasteiger partial charge in [-0.3, -0.25) is 0 Å². The summed E-state index contributed by atoms with van der Waals surface area (Å²) in [6.07, 6.45) is 3.96. The predicted molar refractivity (Wildman–Crippen MR) is 81.3 cm³/mol. The summed E-state index contributed by atoms with van der Waals surface area (Å²) in [7, 11) is 3.25. The van der Waals surface area contributed by atoms with Crippen LogP contribution in [0.4, 0.5) is 0 Å². The number of methoxy groups -OCH3 is 2. The standard InChI is InChI=1S/C16H23NO3/c1-5-7-14(12(2)19-4)15-9-6-8-13(10-17)16(15)20-11-18-3/h5-9H,10-11,17H2,1-4H3/b7-5-,14-12-. The Morgan fingerprint density at radius 3 is 2.60 bits per heavy atom. The number of hydrogen-bond donors (Lipinski definition) is 1. The van der Waals surface area contributed by atoms with Gasteiger partial charge in [-0.15, -0.1) is 0 Å². The molecule has 0 bridgehead atoms. The van der Waals surface area contributed by atoms with Crippen LogP contribution in [0, 0.1) is 0 Å². The second-order valence-electron chi connectivity index (χ2n) is 4.22. The first-order chi connectivity index (χ1) is 9.69. The Balaban J connectivity index is 3.40. The predicted octanol–water partition coefficient (Wildman–Crippen LogP) is 3.08. The van der Waals surface area contributed by atoms with Crippen molar-refractivity contribution in [2.75, 3.05) is 21.0 Å². The van der Waals surface area contributed by atoms with Crippen molar-refractivity contribution in [1.29, 1.82) is 0 Å². The Hall–Kier alpha value is -1.78. The second-order valence-corrected chi connectivity index (χ2v) is 4.22. The highest BCUT2D eigenvalue weighted by Crippen LogP contribution is 2.32. The Morgan fingerprint density at radius 1 is 1.30 bits per heavy atom. The Bertz CT molecular complexity index is 492. The van der Waals surface area contributed by atoms with E-state index in [1.165, 1.54) is 0 Å². The van der Waals surface area contributed by atoms with Gasteiger partial charge in [-0.2, -0.15) is 0 Å². The molecule has 20 heavy (non-hydrogen) atoms. The van der Waals surface area contributed by atoms with Gasteiger partial charge in [0.2, 0.25) is 0 Å². The Morgan fingerprint density at radius 2 is 2.05 bits per heavy atom. The maximum atomic E-state index is 5.79. The highest BCUT2D eigenvalue weighted by Gasteiger charge is 2.14. The molecule has 110 valence electrons. The molecule has 1 aromatic carbocycles. The first-order valence-corrected chi connectivity index (χ1v) is 6.51. The number of allylic oxidation sites excluding steroid dienone is 4. The van der Waals surface area contributed by atoms with Crippen LogP contribution in [-0.4, -0.2) is 21.0 Å². The minimum absolute atomic E-state index is 0.180. The summed E-state index contributed by atoms with van der Waals surface area (Å²) in [5, 5.41) is 0. The Labute approximate surface area is 120 Å². The molecule has 0 aliphatic carbocycles. The van der Waals surface area contributed by atoms with Crippen molar-refractivity contribution in [3.63, 3.8) is 0 Å². The van der Waals surface area contributed by atoms with Gasteiger partial charge < -0.3 is 19.9 Å². The van der Waals surface area contributed by atoms with E-state index in [1.54, 1.807) is 14.2 Å². The van der Waals surface area contributed by atoms with Crippen molar-refractivity contribution in [2.45, 2.75) is 20.4 Å². The van der Waals surface area contributed by atoms with Gasteiger partial charge in [0.15, 0.2) is 6.79 Å². The molecule has 0 amide bonds. The summed E-state index contributed by atoms with van der Waals surface area (Å²) in [6.45, 7) is 4.47. The number of ether oxygens (including phenoxy) is 3. The molecular formula is C16H23NO3. The van der Waals surface area contributed by atoms with Crippen LogP contribution in [0.3, 0.4) is 0 Å².